The first-order valence-corrected chi connectivity index (χ1v) is 8.94. The van der Waals surface area contributed by atoms with E-state index in [1.807, 2.05) is 55.5 Å². The maximum Gasteiger partial charge on any atom is 0.279 e. The van der Waals surface area contributed by atoms with Crippen molar-refractivity contribution in [2.45, 2.75) is 19.9 Å². The molecule has 0 heterocycles. The van der Waals surface area contributed by atoms with Gasteiger partial charge >= 0.3 is 0 Å². The van der Waals surface area contributed by atoms with Gasteiger partial charge in [-0.25, -0.2) is 0 Å². The van der Waals surface area contributed by atoms with E-state index in [-0.39, 0.29) is 11.9 Å². The molecule has 0 aromatic heterocycles. The summed E-state index contributed by atoms with van der Waals surface area (Å²) in [5.74, 6) is 0.00816. The average molecular weight is 345 g/mol. The van der Waals surface area contributed by atoms with Crippen LogP contribution >= 0.6 is 0 Å². The molecule has 0 spiro atoms. The summed E-state index contributed by atoms with van der Waals surface area (Å²) in [4.78, 5) is 12.5. The molecule has 132 valence electrons. The van der Waals surface area contributed by atoms with Gasteiger partial charge in [-0.2, -0.15) is 0 Å². The molecule has 26 heavy (non-hydrogen) atoms. The number of hydrogen-bond acceptors (Lipinski definition) is 1. The zero-order chi connectivity index (χ0) is 18.4. The number of amides is 1. The third kappa shape index (κ3) is 4.58. The quantitative estimate of drug-likeness (QED) is 0.704. The first-order valence-electron chi connectivity index (χ1n) is 8.94. The molecule has 1 amide bonds. The molecule has 0 unspecified atom stereocenters. The first kappa shape index (κ1) is 17.9. The first-order chi connectivity index (χ1) is 12.6. The van der Waals surface area contributed by atoms with E-state index in [1.54, 1.807) is 0 Å². The molecule has 0 fully saturated rings. The number of quaternary nitrogens is 1. The summed E-state index contributed by atoms with van der Waals surface area (Å²) >= 11 is 0. The van der Waals surface area contributed by atoms with Gasteiger partial charge < -0.3 is 10.6 Å². The van der Waals surface area contributed by atoms with E-state index in [0.717, 1.165) is 11.3 Å². The van der Waals surface area contributed by atoms with Gasteiger partial charge in [0.2, 0.25) is 0 Å². The van der Waals surface area contributed by atoms with Crippen molar-refractivity contribution in [3.05, 3.63) is 101 Å². The smallest absolute Gasteiger partial charge is 0.279 e. The Labute approximate surface area is 155 Å². The standard InChI is InChI=1S/C23H24N2O/c1-17-13-14-21(18(2)15-17)25-22(26)16-24-23(19-9-5-3-6-10-19)20-11-7-4-8-12-20/h3-15,23-24H,16H2,1-2H3,(H,25,26)/p+1. The molecule has 0 aliphatic carbocycles. The molecule has 0 radical (unpaired) electrons. The number of benzene rings is 3. The van der Waals surface area contributed by atoms with Crippen LogP contribution in [-0.2, 0) is 4.79 Å². The fourth-order valence-electron chi connectivity index (χ4n) is 3.17. The molecular weight excluding hydrogens is 320 g/mol. The lowest BCUT2D eigenvalue weighted by Crippen LogP contribution is -2.87. The van der Waals surface area contributed by atoms with Crippen LogP contribution in [0.2, 0.25) is 0 Å². The van der Waals surface area contributed by atoms with Crippen molar-refractivity contribution in [2.75, 3.05) is 11.9 Å². The van der Waals surface area contributed by atoms with Gasteiger partial charge in [0.05, 0.1) is 0 Å². The van der Waals surface area contributed by atoms with Crippen LogP contribution in [-0.4, -0.2) is 12.5 Å². The van der Waals surface area contributed by atoms with Crippen LogP contribution in [0.15, 0.2) is 78.9 Å². The van der Waals surface area contributed by atoms with Gasteiger partial charge in [0.15, 0.2) is 6.54 Å². The summed E-state index contributed by atoms with van der Waals surface area (Å²) in [5, 5.41) is 5.11. The number of aryl methyl sites for hydroxylation is 2. The van der Waals surface area contributed by atoms with Gasteiger partial charge in [-0.1, -0.05) is 78.4 Å². The summed E-state index contributed by atoms with van der Waals surface area (Å²) in [5.41, 5.74) is 5.54. The van der Waals surface area contributed by atoms with Crippen LogP contribution < -0.4 is 10.6 Å². The minimum Gasteiger partial charge on any atom is -0.328 e. The largest absolute Gasteiger partial charge is 0.328 e. The zero-order valence-electron chi connectivity index (χ0n) is 15.3. The molecule has 3 aromatic carbocycles. The molecular formula is C23H25N2O+. The Morgan fingerprint density at radius 3 is 2.00 bits per heavy atom. The molecule has 3 N–H and O–H groups in total. The van der Waals surface area contributed by atoms with Gasteiger partial charge in [0.1, 0.15) is 6.04 Å². The second-order valence-corrected chi connectivity index (χ2v) is 6.61. The molecule has 3 aromatic rings. The van der Waals surface area contributed by atoms with E-state index >= 15 is 0 Å². The van der Waals surface area contributed by atoms with E-state index in [1.165, 1.54) is 16.7 Å². The van der Waals surface area contributed by atoms with Gasteiger partial charge in [-0.05, 0) is 25.5 Å². The normalized spacial score (nSPS) is 10.7. The number of nitrogens with two attached hydrogens (primary N) is 1. The van der Waals surface area contributed by atoms with Crippen molar-refractivity contribution < 1.29 is 10.1 Å². The van der Waals surface area contributed by atoms with Gasteiger partial charge in [-0.15, -0.1) is 0 Å². The van der Waals surface area contributed by atoms with Crippen LogP contribution in [0.5, 0.6) is 0 Å². The SMILES string of the molecule is Cc1ccc(NC(=O)C[NH2+]C(c2ccccc2)c2ccccc2)c(C)c1. The number of carbonyl (C=O) groups is 1. The van der Waals surface area contributed by atoms with Gasteiger partial charge in [0, 0.05) is 16.8 Å². The van der Waals surface area contributed by atoms with Crippen molar-refractivity contribution in [2.24, 2.45) is 0 Å². The highest BCUT2D eigenvalue weighted by Crippen LogP contribution is 2.18. The highest BCUT2D eigenvalue weighted by Gasteiger charge is 2.18. The molecule has 0 saturated carbocycles. The van der Waals surface area contributed by atoms with Crippen molar-refractivity contribution >= 4 is 11.6 Å². The van der Waals surface area contributed by atoms with Crippen molar-refractivity contribution in [3.63, 3.8) is 0 Å². The average Bonchev–Trinajstić information content (AvgIpc) is 2.66. The fraction of sp³-hybridized carbons (Fsp3) is 0.174. The Bertz CT molecular complexity index is 820. The molecule has 3 nitrogen and oxygen atoms in total. The fourth-order valence-corrected chi connectivity index (χ4v) is 3.17. The summed E-state index contributed by atoms with van der Waals surface area (Å²) in [6.45, 7) is 4.43. The predicted molar refractivity (Wildman–Crippen MR) is 106 cm³/mol. The third-order valence-electron chi connectivity index (χ3n) is 4.51. The molecule has 0 aliphatic heterocycles. The van der Waals surface area contributed by atoms with Crippen LogP contribution in [0.25, 0.3) is 0 Å². The Morgan fingerprint density at radius 1 is 0.885 bits per heavy atom. The molecule has 0 bridgehead atoms. The maximum atomic E-state index is 12.5. The number of carbonyl (C=O) groups excluding carboxylic acids is 1. The Hall–Kier alpha value is -2.91. The Balaban J connectivity index is 1.71. The summed E-state index contributed by atoms with van der Waals surface area (Å²) in [6.07, 6.45) is 0. The molecule has 3 heteroatoms. The van der Waals surface area contributed by atoms with Crippen molar-refractivity contribution in [1.29, 1.82) is 0 Å². The Kier molecular flexibility index (Phi) is 5.82. The maximum absolute atomic E-state index is 12.5. The van der Waals surface area contributed by atoms with Crippen LogP contribution in [0.1, 0.15) is 28.3 Å². The van der Waals surface area contributed by atoms with Crippen LogP contribution in [0.4, 0.5) is 5.69 Å². The van der Waals surface area contributed by atoms with Crippen LogP contribution in [0, 0.1) is 13.8 Å². The number of nitrogens with one attached hydrogen (secondary N) is 1. The second kappa shape index (κ2) is 8.45. The lowest BCUT2D eigenvalue weighted by Gasteiger charge is -2.17. The van der Waals surface area contributed by atoms with E-state index in [4.69, 9.17) is 0 Å². The van der Waals surface area contributed by atoms with Gasteiger partial charge in [0.25, 0.3) is 5.91 Å². The lowest BCUT2D eigenvalue weighted by atomic mass is 9.99. The summed E-state index contributed by atoms with van der Waals surface area (Å²) < 4.78 is 0. The number of rotatable bonds is 6. The third-order valence-corrected chi connectivity index (χ3v) is 4.51. The van der Waals surface area contributed by atoms with Crippen molar-refractivity contribution in [3.8, 4) is 0 Å². The van der Waals surface area contributed by atoms with Gasteiger partial charge in [-0.3, -0.25) is 4.79 Å². The molecule has 3 rings (SSSR count). The molecule has 0 aliphatic rings. The number of anilines is 1. The van der Waals surface area contributed by atoms with Crippen LogP contribution in [0.3, 0.4) is 0 Å². The van der Waals surface area contributed by atoms with Crippen molar-refractivity contribution in [1.82, 2.24) is 0 Å². The highest BCUT2D eigenvalue weighted by molar-refractivity contribution is 5.92. The minimum absolute atomic E-state index is 0.00816. The molecule has 0 atom stereocenters. The van der Waals surface area contributed by atoms with E-state index < -0.39 is 0 Å². The molecule has 0 saturated heterocycles. The summed E-state index contributed by atoms with van der Waals surface area (Å²) in [6, 6.07) is 26.8. The van der Waals surface area contributed by atoms with E-state index in [0.29, 0.717) is 6.54 Å². The predicted octanol–water partition coefficient (Wildman–Crippen LogP) is 3.59. The van der Waals surface area contributed by atoms with E-state index in [2.05, 4.69) is 47.9 Å². The second-order valence-electron chi connectivity index (χ2n) is 6.61. The topological polar surface area (TPSA) is 45.7 Å². The summed E-state index contributed by atoms with van der Waals surface area (Å²) in [7, 11) is 0. The lowest BCUT2D eigenvalue weighted by molar-refractivity contribution is -0.676. The number of hydrogen-bond donors (Lipinski definition) is 2. The highest BCUT2D eigenvalue weighted by atomic mass is 16.1. The zero-order valence-corrected chi connectivity index (χ0v) is 15.3. The van der Waals surface area contributed by atoms with E-state index in [9.17, 15) is 4.79 Å². The minimum atomic E-state index is 0.00816. The Morgan fingerprint density at radius 2 is 1.46 bits per heavy atom. The monoisotopic (exact) mass is 345 g/mol.